The molecule has 0 bridgehead atoms. The van der Waals surface area contributed by atoms with Crippen LogP contribution in [-0.4, -0.2) is 48.6 Å². The highest BCUT2D eigenvalue weighted by molar-refractivity contribution is 9.10. The second kappa shape index (κ2) is 7.46. The van der Waals surface area contributed by atoms with Gasteiger partial charge in [0, 0.05) is 48.7 Å². The summed E-state index contributed by atoms with van der Waals surface area (Å²) in [6.07, 6.45) is 3.58. The van der Waals surface area contributed by atoms with Crippen LogP contribution in [0.2, 0.25) is 0 Å². The largest absolute Gasteiger partial charge is 0.484 e. The zero-order valence-electron chi connectivity index (χ0n) is 12.7. The van der Waals surface area contributed by atoms with E-state index in [9.17, 15) is 4.79 Å². The van der Waals surface area contributed by atoms with Crippen molar-refractivity contribution in [2.24, 2.45) is 0 Å². The standard InChI is InChI=1S/C17H18BrN3O2/c18-14-2-1-3-16(12-14)23-13-17(22)21-10-8-20(9-11-21)15-4-6-19-7-5-15/h1-7,12H,8-11,13H2. The molecule has 1 amide bonds. The number of carbonyl (C=O) groups excluding carboxylic acids is 1. The van der Waals surface area contributed by atoms with E-state index in [1.54, 1.807) is 12.4 Å². The maximum absolute atomic E-state index is 12.3. The zero-order valence-corrected chi connectivity index (χ0v) is 14.3. The molecule has 0 N–H and O–H groups in total. The van der Waals surface area contributed by atoms with Crippen molar-refractivity contribution in [1.82, 2.24) is 9.88 Å². The first-order chi connectivity index (χ1) is 11.2. The van der Waals surface area contributed by atoms with E-state index < -0.39 is 0 Å². The molecule has 1 aliphatic heterocycles. The van der Waals surface area contributed by atoms with Gasteiger partial charge in [-0.25, -0.2) is 0 Å². The number of anilines is 1. The summed E-state index contributed by atoms with van der Waals surface area (Å²) in [5.41, 5.74) is 1.15. The minimum Gasteiger partial charge on any atom is -0.484 e. The number of piperazine rings is 1. The van der Waals surface area contributed by atoms with Crippen molar-refractivity contribution in [3.8, 4) is 5.75 Å². The zero-order chi connectivity index (χ0) is 16.1. The summed E-state index contributed by atoms with van der Waals surface area (Å²) in [4.78, 5) is 20.4. The molecule has 2 aromatic rings. The Labute approximate surface area is 144 Å². The minimum absolute atomic E-state index is 0.0272. The molecule has 0 unspecified atom stereocenters. The molecule has 1 aromatic carbocycles. The van der Waals surface area contributed by atoms with E-state index in [1.165, 1.54) is 0 Å². The molecule has 0 saturated carbocycles. The molecule has 0 atom stereocenters. The molecule has 0 spiro atoms. The van der Waals surface area contributed by atoms with Crippen molar-refractivity contribution >= 4 is 27.5 Å². The molecule has 5 nitrogen and oxygen atoms in total. The molecule has 6 heteroatoms. The average molecular weight is 376 g/mol. The SMILES string of the molecule is O=C(COc1cccc(Br)c1)N1CCN(c2ccncc2)CC1. The third-order valence-electron chi connectivity index (χ3n) is 3.82. The van der Waals surface area contributed by atoms with Crippen LogP contribution in [-0.2, 0) is 4.79 Å². The normalized spacial score (nSPS) is 14.7. The van der Waals surface area contributed by atoms with E-state index in [-0.39, 0.29) is 12.5 Å². The number of ether oxygens (including phenoxy) is 1. The molecule has 1 aromatic heterocycles. The second-order valence-electron chi connectivity index (χ2n) is 5.32. The number of rotatable bonds is 4. The summed E-state index contributed by atoms with van der Waals surface area (Å²) in [6, 6.07) is 11.5. The van der Waals surface area contributed by atoms with Crippen LogP contribution in [0.1, 0.15) is 0 Å². The van der Waals surface area contributed by atoms with Crippen molar-refractivity contribution in [1.29, 1.82) is 0 Å². The van der Waals surface area contributed by atoms with Crippen LogP contribution < -0.4 is 9.64 Å². The van der Waals surface area contributed by atoms with Gasteiger partial charge in [-0.3, -0.25) is 9.78 Å². The number of amides is 1. The van der Waals surface area contributed by atoms with Crippen LogP contribution in [0.4, 0.5) is 5.69 Å². The third kappa shape index (κ3) is 4.22. The van der Waals surface area contributed by atoms with Gasteiger partial charge in [0.05, 0.1) is 0 Å². The molecular weight excluding hydrogens is 358 g/mol. The van der Waals surface area contributed by atoms with Gasteiger partial charge >= 0.3 is 0 Å². The molecule has 3 rings (SSSR count). The lowest BCUT2D eigenvalue weighted by Gasteiger charge is -2.36. The van der Waals surface area contributed by atoms with Crippen LogP contribution in [0.3, 0.4) is 0 Å². The van der Waals surface area contributed by atoms with Gasteiger partial charge in [-0.05, 0) is 30.3 Å². The Balaban J connectivity index is 1.48. The molecular formula is C17H18BrN3O2. The highest BCUT2D eigenvalue weighted by Crippen LogP contribution is 2.18. The lowest BCUT2D eigenvalue weighted by atomic mass is 10.2. The maximum Gasteiger partial charge on any atom is 0.260 e. The van der Waals surface area contributed by atoms with Crippen LogP contribution in [0.5, 0.6) is 5.75 Å². The number of hydrogen-bond donors (Lipinski definition) is 0. The van der Waals surface area contributed by atoms with E-state index in [2.05, 4.69) is 25.8 Å². The number of halogens is 1. The first-order valence-corrected chi connectivity index (χ1v) is 8.33. The number of hydrogen-bond acceptors (Lipinski definition) is 4. The van der Waals surface area contributed by atoms with Gasteiger partial charge in [0.25, 0.3) is 5.91 Å². The van der Waals surface area contributed by atoms with Crippen molar-refractivity contribution in [2.45, 2.75) is 0 Å². The molecule has 0 radical (unpaired) electrons. The predicted octanol–water partition coefficient (Wildman–Crippen LogP) is 2.57. The lowest BCUT2D eigenvalue weighted by molar-refractivity contribution is -0.133. The van der Waals surface area contributed by atoms with Gasteiger partial charge < -0.3 is 14.5 Å². The van der Waals surface area contributed by atoms with Crippen molar-refractivity contribution in [3.05, 3.63) is 53.3 Å². The summed E-state index contributed by atoms with van der Waals surface area (Å²) in [5.74, 6) is 0.725. The van der Waals surface area contributed by atoms with Gasteiger partial charge in [0.1, 0.15) is 5.75 Å². The molecule has 1 saturated heterocycles. The fraction of sp³-hybridized carbons (Fsp3) is 0.294. The number of nitrogens with zero attached hydrogens (tertiary/aromatic N) is 3. The minimum atomic E-state index is 0.0272. The van der Waals surface area contributed by atoms with E-state index in [0.717, 1.165) is 23.2 Å². The molecule has 1 aliphatic rings. The second-order valence-corrected chi connectivity index (χ2v) is 6.23. The Morgan fingerprint density at radius 1 is 1.13 bits per heavy atom. The fourth-order valence-electron chi connectivity index (χ4n) is 2.56. The number of pyridine rings is 1. The Kier molecular flexibility index (Phi) is 5.12. The first-order valence-electron chi connectivity index (χ1n) is 7.53. The van der Waals surface area contributed by atoms with Gasteiger partial charge in [-0.2, -0.15) is 0 Å². The number of aromatic nitrogens is 1. The molecule has 120 valence electrons. The maximum atomic E-state index is 12.3. The van der Waals surface area contributed by atoms with E-state index >= 15 is 0 Å². The summed E-state index contributed by atoms with van der Waals surface area (Å²) in [5, 5.41) is 0. The average Bonchev–Trinajstić information content (AvgIpc) is 2.61. The van der Waals surface area contributed by atoms with Crippen molar-refractivity contribution in [2.75, 3.05) is 37.7 Å². The quantitative estimate of drug-likeness (QED) is 0.823. The predicted molar refractivity (Wildman–Crippen MR) is 92.7 cm³/mol. The summed E-state index contributed by atoms with van der Waals surface area (Å²) >= 11 is 3.39. The smallest absolute Gasteiger partial charge is 0.260 e. The Hall–Kier alpha value is -2.08. The summed E-state index contributed by atoms with van der Waals surface area (Å²) in [6.45, 7) is 3.15. The summed E-state index contributed by atoms with van der Waals surface area (Å²) < 4.78 is 6.51. The van der Waals surface area contributed by atoms with Crippen LogP contribution >= 0.6 is 15.9 Å². The van der Waals surface area contributed by atoms with Crippen molar-refractivity contribution < 1.29 is 9.53 Å². The third-order valence-corrected chi connectivity index (χ3v) is 4.31. The van der Waals surface area contributed by atoms with E-state index in [4.69, 9.17) is 4.74 Å². The topological polar surface area (TPSA) is 45.7 Å². The first kappa shape index (κ1) is 15.8. The van der Waals surface area contributed by atoms with Gasteiger partial charge in [-0.15, -0.1) is 0 Å². The highest BCUT2D eigenvalue weighted by atomic mass is 79.9. The van der Waals surface area contributed by atoms with E-state index in [1.807, 2.05) is 41.3 Å². The number of carbonyl (C=O) groups is 1. The van der Waals surface area contributed by atoms with Gasteiger partial charge in [0.15, 0.2) is 6.61 Å². The molecule has 0 aliphatic carbocycles. The highest BCUT2D eigenvalue weighted by Gasteiger charge is 2.21. The fourth-order valence-corrected chi connectivity index (χ4v) is 2.94. The summed E-state index contributed by atoms with van der Waals surface area (Å²) in [7, 11) is 0. The lowest BCUT2D eigenvalue weighted by Crippen LogP contribution is -2.50. The molecule has 2 heterocycles. The van der Waals surface area contributed by atoms with Crippen LogP contribution in [0.25, 0.3) is 0 Å². The van der Waals surface area contributed by atoms with E-state index in [0.29, 0.717) is 18.8 Å². The monoisotopic (exact) mass is 375 g/mol. The van der Waals surface area contributed by atoms with Gasteiger partial charge in [-0.1, -0.05) is 22.0 Å². The van der Waals surface area contributed by atoms with Crippen LogP contribution in [0, 0.1) is 0 Å². The Bertz CT molecular complexity index is 658. The van der Waals surface area contributed by atoms with Crippen molar-refractivity contribution in [3.63, 3.8) is 0 Å². The van der Waals surface area contributed by atoms with Crippen LogP contribution in [0.15, 0.2) is 53.3 Å². The number of benzene rings is 1. The molecule has 1 fully saturated rings. The Morgan fingerprint density at radius 2 is 1.87 bits per heavy atom. The van der Waals surface area contributed by atoms with Gasteiger partial charge in [0.2, 0.25) is 0 Å². The molecule has 23 heavy (non-hydrogen) atoms. The Morgan fingerprint density at radius 3 is 2.57 bits per heavy atom.